The van der Waals surface area contributed by atoms with Gasteiger partial charge < -0.3 is 9.15 Å². The Labute approximate surface area is 131 Å². The topological polar surface area (TPSA) is 69.7 Å². The molecule has 0 radical (unpaired) electrons. The fourth-order valence-electron chi connectivity index (χ4n) is 2.16. The van der Waals surface area contributed by atoms with Crippen LogP contribution in [0.3, 0.4) is 0 Å². The summed E-state index contributed by atoms with van der Waals surface area (Å²) in [7, 11) is 1.55. The van der Waals surface area contributed by atoms with Crippen LogP contribution in [0.4, 0.5) is 5.69 Å². The van der Waals surface area contributed by atoms with Gasteiger partial charge in [-0.05, 0) is 30.3 Å². The Morgan fingerprint density at radius 1 is 1.23 bits per heavy atom. The van der Waals surface area contributed by atoms with Crippen molar-refractivity contribution >= 4 is 34.1 Å². The molecule has 0 saturated carbocycles. The molecule has 112 valence electrons. The molecule has 6 heteroatoms. The number of amidine groups is 1. The van der Waals surface area contributed by atoms with E-state index < -0.39 is 0 Å². The second-order valence-electron chi connectivity index (χ2n) is 4.63. The number of benzene rings is 2. The zero-order chi connectivity index (χ0) is 15.7. The smallest absolute Gasteiger partial charge is 0.193 e. The summed E-state index contributed by atoms with van der Waals surface area (Å²) in [6.45, 7) is 0. The van der Waals surface area contributed by atoms with E-state index in [9.17, 15) is 5.21 Å². The van der Waals surface area contributed by atoms with Crippen LogP contribution < -0.4 is 9.80 Å². The van der Waals surface area contributed by atoms with Gasteiger partial charge in [-0.3, -0.25) is 10.6 Å². The number of nitrogens with zero attached hydrogens (tertiary/aromatic N) is 1. The summed E-state index contributed by atoms with van der Waals surface area (Å²) in [5.41, 5.74) is 0.911. The molecule has 22 heavy (non-hydrogen) atoms. The minimum absolute atomic E-state index is 0.194. The van der Waals surface area contributed by atoms with Gasteiger partial charge in [0.05, 0.1) is 12.8 Å². The molecule has 2 aromatic carbocycles. The molecule has 0 aliphatic heterocycles. The van der Waals surface area contributed by atoms with Crippen molar-refractivity contribution in [3.05, 3.63) is 59.3 Å². The number of hydrogen-bond donors (Lipinski definition) is 2. The van der Waals surface area contributed by atoms with Crippen LogP contribution in [0.2, 0.25) is 5.02 Å². The molecule has 0 saturated heterocycles. The van der Waals surface area contributed by atoms with Gasteiger partial charge in [0.25, 0.3) is 0 Å². The SMILES string of the molecule is COc1cccc2cc(C(=N)N(O)c3cccc(Cl)c3)oc12. The number of ether oxygens (including phenoxy) is 1. The maximum Gasteiger partial charge on any atom is 0.193 e. The number of anilines is 1. The second kappa shape index (κ2) is 5.71. The van der Waals surface area contributed by atoms with Crippen molar-refractivity contribution in [2.24, 2.45) is 0 Å². The molecular formula is C16H13ClN2O3. The van der Waals surface area contributed by atoms with E-state index in [1.165, 1.54) is 0 Å². The highest BCUT2D eigenvalue weighted by atomic mass is 35.5. The average Bonchev–Trinajstić information content (AvgIpc) is 2.97. The normalized spacial score (nSPS) is 10.7. The summed E-state index contributed by atoms with van der Waals surface area (Å²) in [4.78, 5) is 0. The van der Waals surface area contributed by atoms with Gasteiger partial charge in [-0.25, -0.2) is 5.06 Å². The number of halogens is 1. The first kappa shape index (κ1) is 14.4. The van der Waals surface area contributed by atoms with Gasteiger partial charge in [-0.1, -0.05) is 29.8 Å². The third-order valence-corrected chi connectivity index (χ3v) is 3.46. The summed E-state index contributed by atoms with van der Waals surface area (Å²) in [5, 5.41) is 20.3. The molecule has 0 aliphatic rings. The Morgan fingerprint density at radius 3 is 2.73 bits per heavy atom. The zero-order valence-electron chi connectivity index (χ0n) is 11.7. The molecule has 2 N–H and O–H groups in total. The molecule has 1 aromatic heterocycles. The predicted octanol–water partition coefficient (Wildman–Crippen LogP) is 4.32. The van der Waals surface area contributed by atoms with Crippen molar-refractivity contribution < 1.29 is 14.4 Å². The molecule has 0 bridgehead atoms. The van der Waals surface area contributed by atoms with Crippen LogP contribution in [0.1, 0.15) is 5.76 Å². The average molecular weight is 317 g/mol. The van der Waals surface area contributed by atoms with E-state index >= 15 is 0 Å². The number of hydroxylamine groups is 1. The first-order chi connectivity index (χ1) is 10.6. The molecule has 1 heterocycles. The van der Waals surface area contributed by atoms with Gasteiger partial charge in [0.2, 0.25) is 0 Å². The molecule has 0 atom stereocenters. The lowest BCUT2D eigenvalue weighted by Crippen LogP contribution is -2.26. The standard InChI is InChI=1S/C16H13ClN2O3/c1-21-13-7-2-4-10-8-14(22-15(10)13)16(18)19(20)12-6-3-5-11(17)9-12/h2-9,18,20H,1H3. The van der Waals surface area contributed by atoms with E-state index in [0.717, 1.165) is 10.4 Å². The van der Waals surface area contributed by atoms with Gasteiger partial charge in [0.1, 0.15) is 0 Å². The second-order valence-corrected chi connectivity index (χ2v) is 5.07. The Morgan fingerprint density at radius 2 is 2.00 bits per heavy atom. The van der Waals surface area contributed by atoms with E-state index in [-0.39, 0.29) is 11.6 Å². The highest BCUT2D eigenvalue weighted by molar-refractivity contribution is 6.31. The lowest BCUT2D eigenvalue weighted by Gasteiger charge is -2.16. The molecule has 0 amide bonds. The molecule has 0 aliphatic carbocycles. The van der Waals surface area contributed by atoms with Crippen molar-refractivity contribution in [3.63, 3.8) is 0 Å². The van der Waals surface area contributed by atoms with Crippen molar-refractivity contribution in [2.75, 3.05) is 12.2 Å². The zero-order valence-corrected chi connectivity index (χ0v) is 12.5. The Hall–Kier alpha value is -2.50. The third kappa shape index (κ3) is 2.52. The van der Waals surface area contributed by atoms with Crippen LogP contribution in [0.15, 0.2) is 52.9 Å². The summed E-state index contributed by atoms with van der Waals surface area (Å²) in [5.74, 6) is 0.603. The van der Waals surface area contributed by atoms with Crippen LogP contribution in [-0.4, -0.2) is 18.2 Å². The number of furan rings is 1. The summed E-state index contributed by atoms with van der Waals surface area (Å²) in [6.07, 6.45) is 0. The van der Waals surface area contributed by atoms with E-state index in [1.807, 2.05) is 12.1 Å². The van der Waals surface area contributed by atoms with Gasteiger partial charge in [-0.15, -0.1) is 0 Å². The van der Waals surface area contributed by atoms with E-state index in [4.69, 9.17) is 26.2 Å². The predicted molar refractivity (Wildman–Crippen MR) is 85.3 cm³/mol. The lowest BCUT2D eigenvalue weighted by atomic mass is 10.2. The molecule has 0 spiro atoms. The van der Waals surface area contributed by atoms with Crippen LogP contribution >= 0.6 is 11.6 Å². The van der Waals surface area contributed by atoms with Gasteiger partial charge >= 0.3 is 0 Å². The van der Waals surface area contributed by atoms with Crippen molar-refractivity contribution in [1.82, 2.24) is 0 Å². The summed E-state index contributed by atoms with van der Waals surface area (Å²) >= 11 is 5.90. The van der Waals surface area contributed by atoms with Crippen LogP contribution in [0.5, 0.6) is 5.75 Å². The first-order valence-electron chi connectivity index (χ1n) is 6.50. The number of rotatable bonds is 3. The summed E-state index contributed by atoms with van der Waals surface area (Å²) < 4.78 is 10.9. The van der Waals surface area contributed by atoms with Crippen LogP contribution in [-0.2, 0) is 0 Å². The van der Waals surface area contributed by atoms with E-state index in [0.29, 0.717) is 22.0 Å². The van der Waals surface area contributed by atoms with Gasteiger partial charge in [0, 0.05) is 10.4 Å². The molecule has 3 aromatic rings. The Balaban J connectivity index is 1.98. The number of fused-ring (bicyclic) bond motifs is 1. The van der Waals surface area contributed by atoms with Gasteiger partial charge in [-0.2, -0.15) is 0 Å². The Kier molecular flexibility index (Phi) is 3.75. The van der Waals surface area contributed by atoms with Gasteiger partial charge in [0.15, 0.2) is 22.9 Å². The molecule has 5 nitrogen and oxygen atoms in total. The maximum absolute atomic E-state index is 10.2. The quantitative estimate of drug-likeness (QED) is 0.429. The van der Waals surface area contributed by atoms with Crippen molar-refractivity contribution in [1.29, 1.82) is 5.41 Å². The first-order valence-corrected chi connectivity index (χ1v) is 6.88. The monoisotopic (exact) mass is 316 g/mol. The molecular weight excluding hydrogens is 304 g/mol. The minimum atomic E-state index is -0.194. The molecule has 0 unspecified atom stereocenters. The summed E-state index contributed by atoms with van der Waals surface area (Å²) in [6, 6.07) is 13.7. The van der Waals surface area contributed by atoms with Crippen molar-refractivity contribution in [3.8, 4) is 5.75 Å². The van der Waals surface area contributed by atoms with Crippen LogP contribution in [0.25, 0.3) is 11.0 Å². The number of nitrogens with one attached hydrogen (secondary N) is 1. The van der Waals surface area contributed by atoms with Crippen molar-refractivity contribution in [2.45, 2.75) is 0 Å². The molecule has 3 rings (SSSR count). The Bertz CT molecular complexity index is 844. The highest BCUT2D eigenvalue weighted by Gasteiger charge is 2.18. The van der Waals surface area contributed by atoms with E-state index in [2.05, 4.69) is 0 Å². The fraction of sp³-hybridized carbons (Fsp3) is 0.0625. The third-order valence-electron chi connectivity index (χ3n) is 3.23. The van der Waals surface area contributed by atoms with E-state index in [1.54, 1.807) is 43.5 Å². The highest BCUT2D eigenvalue weighted by Crippen LogP contribution is 2.29. The maximum atomic E-state index is 10.2. The lowest BCUT2D eigenvalue weighted by molar-refractivity contribution is 0.309. The fourth-order valence-corrected chi connectivity index (χ4v) is 2.34. The largest absolute Gasteiger partial charge is 0.493 e. The number of hydrogen-bond acceptors (Lipinski definition) is 4. The molecule has 0 fully saturated rings. The minimum Gasteiger partial charge on any atom is -0.493 e. The van der Waals surface area contributed by atoms with Crippen LogP contribution in [0, 0.1) is 5.41 Å². The number of methoxy groups -OCH3 is 1. The number of para-hydroxylation sites is 1.